The number of carbonyl (C=O) groups is 1. The maximum absolute atomic E-state index is 12.7. The third kappa shape index (κ3) is 6.37. The van der Waals surface area contributed by atoms with E-state index in [1.54, 1.807) is 28.3 Å². The highest BCUT2D eigenvalue weighted by Crippen LogP contribution is 2.40. The molecule has 0 amide bonds. The van der Waals surface area contributed by atoms with Gasteiger partial charge in [0, 0.05) is 25.3 Å². The van der Waals surface area contributed by atoms with Gasteiger partial charge in [-0.3, -0.25) is 4.90 Å². The predicted molar refractivity (Wildman–Crippen MR) is 123 cm³/mol. The molecule has 7 nitrogen and oxygen atoms in total. The Morgan fingerprint density at radius 2 is 1.66 bits per heavy atom. The fourth-order valence-corrected chi connectivity index (χ4v) is 3.75. The normalized spacial score (nSPS) is 11.8. The van der Waals surface area contributed by atoms with E-state index in [1.165, 1.54) is 0 Å². The molecule has 1 unspecified atom stereocenters. The zero-order valence-corrected chi connectivity index (χ0v) is 20.0. The number of rotatable bonds is 13. The summed E-state index contributed by atoms with van der Waals surface area (Å²) in [5, 5.41) is 0. The average molecular weight is 446 g/mol. The van der Waals surface area contributed by atoms with E-state index < -0.39 is 6.23 Å². The van der Waals surface area contributed by atoms with Crippen LogP contribution in [0.1, 0.15) is 30.5 Å². The molecule has 7 heteroatoms. The molecule has 0 aliphatic rings. The zero-order chi connectivity index (χ0) is 23.5. The monoisotopic (exact) mass is 445 g/mol. The molecule has 176 valence electrons. The number of esters is 1. The van der Waals surface area contributed by atoms with Crippen LogP contribution in [0.15, 0.2) is 36.4 Å². The molecular formula is C25H35NO6. The van der Waals surface area contributed by atoms with Gasteiger partial charge in [0.2, 0.25) is 6.23 Å². The number of methoxy groups -OCH3 is 3. The van der Waals surface area contributed by atoms with Crippen LogP contribution in [0.5, 0.6) is 17.2 Å². The number of hydrogen-bond acceptors (Lipinski definition) is 7. The van der Waals surface area contributed by atoms with Crippen molar-refractivity contribution in [3.8, 4) is 17.2 Å². The number of carbonyl (C=O) groups excluding carboxylic acids is 1. The Labute approximate surface area is 191 Å². The molecule has 32 heavy (non-hydrogen) atoms. The highest BCUT2D eigenvalue weighted by atomic mass is 16.6. The Hall–Kier alpha value is -2.77. The van der Waals surface area contributed by atoms with Gasteiger partial charge < -0.3 is 23.7 Å². The van der Waals surface area contributed by atoms with E-state index in [-0.39, 0.29) is 5.97 Å². The van der Waals surface area contributed by atoms with E-state index in [4.69, 9.17) is 23.7 Å². The molecule has 2 aromatic rings. The number of benzene rings is 2. The molecule has 0 fully saturated rings. The van der Waals surface area contributed by atoms with Gasteiger partial charge in [0.15, 0.2) is 11.5 Å². The van der Waals surface area contributed by atoms with Crippen molar-refractivity contribution in [1.29, 1.82) is 0 Å². The van der Waals surface area contributed by atoms with E-state index in [9.17, 15) is 4.79 Å². The maximum Gasteiger partial charge on any atom is 0.350 e. The molecule has 0 aliphatic heterocycles. The molecule has 0 bridgehead atoms. The minimum Gasteiger partial charge on any atom is -0.496 e. The first-order chi connectivity index (χ1) is 15.5. The molecular weight excluding hydrogens is 410 g/mol. The summed E-state index contributed by atoms with van der Waals surface area (Å²) in [6, 6.07) is 11.9. The summed E-state index contributed by atoms with van der Waals surface area (Å²) >= 11 is 0. The second kappa shape index (κ2) is 12.9. The summed E-state index contributed by atoms with van der Waals surface area (Å²) in [6.45, 7) is 7.38. The van der Waals surface area contributed by atoms with Gasteiger partial charge in [0.05, 0.1) is 27.9 Å². The molecule has 0 aromatic heterocycles. The average Bonchev–Trinajstić information content (AvgIpc) is 2.80. The van der Waals surface area contributed by atoms with Crippen LogP contribution in [0.2, 0.25) is 0 Å². The van der Waals surface area contributed by atoms with Gasteiger partial charge in [-0.25, -0.2) is 4.79 Å². The largest absolute Gasteiger partial charge is 0.496 e. The van der Waals surface area contributed by atoms with E-state index in [0.29, 0.717) is 44.2 Å². The molecule has 0 heterocycles. The Balaban J connectivity index is 2.37. The van der Waals surface area contributed by atoms with Crippen molar-refractivity contribution in [3.05, 3.63) is 53.1 Å². The van der Waals surface area contributed by atoms with Crippen molar-refractivity contribution >= 4 is 5.97 Å². The highest BCUT2D eigenvalue weighted by molar-refractivity contribution is 5.74. The van der Waals surface area contributed by atoms with E-state index in [1.807, 2.05) is 55.1 Å². The van der Waals surface area contributed by atoms with Crippen molar-refractivity contribution in [2.24, 2.45) is 0 Å². The van der Waals surface area contributed by atoms with Crippen molar-refractivity contribution in [1.82, 2.24) is 4.90 Å². The SMILES string of the molecule is CCOC(=O)C(OCC)N(CCc1cc(OC)c(OC)c(C)c1OC)Cc1ccccc1. The van der Waals surface area contributed by atoms with Crippen molar-refractivity contribution < 1.29 is 28.5 Å². The quantitative estimate of drug-likeness (QED) is 0.341. The molecule has 1 atom stereocenters. The first kappa shape index (κ1) is 25.5. The summed E-state index contributed by atoms with van der Waals surface area (Å²) in [4.78, 5) is 14.7. The maximum atomic E-state index is 12.7. The van der Waals surface area contributed by atoms with Crippen LogP contribution >= 0.6 is 0 Å². The second-order valence-corrected chi connectivity index (χ2v) is 7.20. The Morgan fingerprint density at radius 3 is 2.22 bits per heavy atom. The minimum atomic E-state index is -0.799. The topological polar surface area (TPSA) is 66.5 Å². The van der Waals surface area contributed by atoms with Crippen LogP contribution in [-0.4, -0.2) is 58.2 Å². The Morgan fingerprint density at radius 1 is 0.969 bits per heavy atom. The van der Waals surface area contributed by atoms with Crippen LogP contribution < -0.4 is 14.2 Å². The lowest BCUT2D eigenvalue weighted by atomic mass is 10.0. The fourth-order valence-electron chi connectivity index (χ4n) is 3.75. The number of nitrogens with zero attached hydrogens (tertiary/aromatic N) is 1. The van der Waals surface area contributed by atoms with Gasteiger partial charge >= 0.3 is 5.97 Å². The highest BCUT2D eigenvalue weighted by Gasteiger charge is 2.28. The van der Waals surface area contributed by atoms with Crippen LogP contribution in [0.4, 0.5) is 0 Å². The lowest BCUT2D eigenvalue weighted by Crippen LogP contribution is -2.44. The van der Waals surface area contributed by atoms with E-state index in [2.05, 4.69) is 0 Å². The number of hydrogen-bond donors (Lipinski definition) is 0. The summed E-state index contributed by atoms with van der Waals surface area (Å²) in [5.41, 5.74) is 2.91. The van der Waals surface area contributed by atoms with Gasteiger partial charge in [-0.05, 0) is 44.4 Å². The molecule has 0 aliphatic carbocycles. The van der Waals surface area contributed by atoms with Gasteiger partial charge in [-0.1, -0.05) is 30.3 Å². The lowest BCUT2D eigenvalue weighted by molar-refractivity contribution is -0.171. The Kier molecular flexibility index (Phi) is 10.3. The first-order valence-corrected chi connectivity index (χ1v) is 10.8. The molecule has 0 spiro atoms. The Bertz CT molecular complexity index is 855. The second-order valence-electron chi connectivity index (χ2n) is 7.20. The molecule has 2 rings (SSSR count). The van der Waals surface area contributed by atoms with Gasteiger partial charge in [-0.15, -0.1) is 0 Å². The summed E-state index contributed by atoms with van der Waals surface area (Å²) in [6.07, 6.45) is -0.187. The van der Waals surface area contributed by atoms with Crippen LogP contribution in [-0.2, 0) is 27.2 Å². The minimum absolute atomic E-state index is 0.296. The van der Waals surface area contributed by atoms with Gasteiger partial charge in [0.1, 0.15) is 5.75 Å². The standard InChI is InChI=1S/C25H35NO6/c1-7-31-24(25(27)32-8-2)26(17-19-12-10-9-11-13-19)15-14-20-16-21(28-4)23(30-6)18(3)22(20)29-5/h9-13,16,24H,7-8,14-15,17H2,1-6H3. The number of ether oxygens (including phenoxy) is 5. The smallest absolute Gasteiger partial charge is 0.350 e. The molecule has 0 saturated carbocycles. The lowest BCUT2D eigenvalue weighted by Gasteiger charge is -2.30. The summed E-state index contributed by atoms with van der Waals surface area (Å²) in [7, 11) is 4.86. The third-order valence-electron chi connectivity index (χ3n) is 5.17. The van der Waals surface area contributed by atoms with Crippen LogP contribution in [0.25, 0.3) is 0 Å². The zero-order valence-electron chi connectivity index (χ0n) is 20.0. The molecule has 2 aromatic carbocycles. The van der Waals surface area contributed by atoms with Crippen molar-refractivity contribution in [3.63, 3.8) is 0 Å². The predicted octanol–water partition coefficient (Wildman–Crippen LogP) is 3.99. The third-order valence-corrected chi connectivity index (χ3v) is 5.17. The van der Waals surface area contributed by atoms with Crippen molar-refractivity contribution in [2.45, 2.75) is 40.0 Å². The van der Waals surface area contributed by atoms with E-state index >= 15 is 0 Å². The first-order valence-electron chi connectivity index (χ1n) is 10.8. The van der Waals surface area contributed by atoms with Crippen LogP contribution in [0.3, 0.4) is 0 Å². The van der Waals surface area contributed by atoms with E-state index in [0.717, 1.165) is 22.4 Å². The van der Waals surface area contributed by atoms with Gasteiger partial charge in [-0.2, -0.15) is 0 Å². The summed E-state index contributed by atoms with van der Waals surface area (Å²) in [5.74, 6) is 1.64. The van der Waals surface area contributed by atoms with Gasteiger partial charge in [0.25, 0.3) is 0 Å². The molecule has 0 N–H and O–H groups in total. The summed E-state index contributed by atoms with van der Waals surface area (Å²) < 4.78 is 27.8. The van der Waals surface area contributed by atoms with Crippen molar-refractivity contribution in [2.75, 3.05) is 41.1 Å². The molecule has 0 radical (unpaired) electrons. The molecule has 0 saturated heterocycles. The fraction of sp³-hybridized carbons (Fsp3) is 0.480. The van der Waals surface area contributed by atoms with Crippen LogP contribution in [0, 0.1) is 6.92 Å².